The summed E-state index contributed by atoms with van der Waals surface area (Å²) in [6.45, 7) is 3.00. The molecule has 0 atom stereocenters. The molecule has 0 aliphatic carbocycles. The minimum absolute atomic E-state index is 0.00660. The van der Waals surface area contributed by atoms with Gasteiger partial charge in [-0.05, 0) is 90.9 Å². The minimum Gasteiger partial charge on any atom is -0.379 e. The third-order valence-electron chi connectivity index (χ3n) is 15.3. The van der Waals surface area contributed by atoms with E-state index in [4.69, 9.17) is 34.2 Å². The first-order chi connectivity index (χ1) is 46.5. The fourth-order valence-electron chi connectivity index (χ4n) is 10.0. The number of nitrogens with two attached hydrogens (primary N) is 1. The quantitative estimate of drug-likeness (QED) is 0.0121. The molecular formula is C64H62F14N4O16S. The van der Waals surface area contributed by atoms with Crippen LogP contribution in [0.15, 0.2) is 95.9 Å². The predicted molar refractivity (Wildman–Crippen MR) is 319 cm³/mol. The number of Topliss-reactive ketones (excluding diaryl/α,β-unsaturated/α-hetero) is 4. The van der Waals surface area contributed by atoms with Crippen LogP contribution in [0.5, 0.6) is 0 Å². The van der Waals surface area contributed by atoms with E-state index in [9.17, 15) is 108 Å². The lowest BCUT2D eigenvalue weighted by atomic mass is 9.86. The van der Waals surface area contributed by atoms with E-state index in [1.807, 2.05) is 0 Å². The molecule has 0 bridgehead atoms. The van der Waals surface area contributed by atoms with Crippen molar-refractivity contribution in [2.24, 2.45) is 5.73 Å². The van der Waals surface area contributed by atoms with Gasteiger partial charge in [-0.1, -0.05) is 54.6 Å². The Hall–Kier alpha value is -8.03. The molecule has 0 saturated carbocycles. The van der Waals surface area contributed by atoms with Crippen LogP contribution in [-0.2, 0) is 48.0 Å². The maximum Gasteiger partial charge on any atom is 0.460 e. The third kappa shape index (κ3) is 17.9. The average molecular weight is 1440 g/mol. The second-order valence-electron chi connectivity index (χ2n) is 22.1. The highest BCUT2D eigenvalue weighted by Crippen LogP contribution is 2.49. The smallest absolute Gasteiger partial charge is 0.379 e. The van der Waals surface area contributed by atoms with Crippen molar-refractivity contribution < 1.29 is 137 Å². The summed E-state index contributed by atoms with van der Waals surface area (Å²) in [6, 6.07) is 16.5. The molecule has 5 aromatic rings. The summed E-state index contributed by atoms with van der Waals surface area (Å²) in [6.07, 6.45) is -16.6. The number of carbonyl (C=O) groups excluding carboxylic acids is 8. The molecule has 35 heteroatoms. The van der Waals surface area contributed by atoms with Crippen molar-refractivity contribution >= 4 is 67.6 Å². The second-order valence-corrected chi connectivity index (χ2v) is 23.8. The highest BCUT2D eigenvalue weighted by atomic mass is 32.2. The van der Waals surface area contributed by atoms with Crippen LogP contribution in [0.4, 0.5) is 61.5 Å². The largest absolute Gasteiger partial charge is 0.460 e. The number of halogens is 14. The second kappa shape index (κ2) is 33.0. The lowest BCUT2D eigenvalue weighted by Gasteiger charge is -2.32. The zero-order chi connectivity index (χ0) is 72.9. The highest BCUT2D eigenvalue weighted by molar-refractivity contribution is 7.89. The Balaban J connectivity index is 0.862. The summed E-state index contributed by atoms with van der Waals surface area (Å²) in [5.41, 5.74) is 4.62. The number of amides is 4. The van der Waals surface area contributed by atoms with E-state index in [0.29, 0.717) is 46.0 Å². The van der Waals surface area contributed by atoms with Crippen molar-refractivity contribution in [2.45, 2.75) is 79.5 Å². The summed E-state index contributed by atoms with van der Waals surface area (Å²) < 4.78 is 249. The first-order valence-corrected chi connectivity index (χ1v) is 31.6. The Kier molecular flexibility index (Phi) is 26.1. The van der Waals surface area contributed by atoms with Gasteiger partial charge < -0.3 is 34.2 Å². The van der Waals surface area contributed by atoms with Crippen LogP contribution in [0.2, 0.25) is 0 Å². The Morgan fingerprint density at radius 2 is 0.717 bits per heavy atom. The van der Waals surface area contributed by atoms with Gasteiger partial charge in [0.15, 0.2) is 11.6 Å². The maximum atomic E-state index is 14.0. The molecule has 2 aliphatic rings. The number of ether oxygens (including phenoxy) is 6. The standard InChI is InChI=1S/C64H62F14N4O16S/c65-59(66,61(69,70)63(73,74)75)51(85)36-49(83)40-9-5-38(6-10-40)43-14-13-42(35-48(43)39-7-11-41(12-8-39)50(84)37-52(86)60(67,68)62(71,72)64(76,77)78)99(91,92)80-20-2-24-94-28-32-98-34-30-96-26-4-22-82-57(89)46-17-15-44-53-45(16-18-47(54(46)53)58(82)90)56(88)81(55(44)87)21-3-25-95-29-33-97-31-27-93-23-1-19-79/h5-18,35,80H,1-4,19-34,36-37,79H2. The van der Waals surface area contributed by atoms with E-state index in [0.717, 1.165) is 76.9 Å². The molecule has 5 aromatic carbocycles. The van der Waals surface area contributed by atoms with E-state index < -0.39 is 122 Å². The number of sulfonamides is 1. The van der Waals surface area contributed by atoms with Gasteiger partial charge in [0.2, 0.25) is 21.6 Å². The Morgan fingerprint density at radius 1 is 0.404 bits per heavy atom. The number of imide groups is 2. The number of carbonyl (C=O) groups is 8. The summed E-state index contributed by atoms with van der Waals surface area (Å²) in [5, 5.41) is 0.451. The predicted octanol–water partition coefficient (Wildman–Crippen LogP) is 9.91. The maximum absolute atomic E-state index is 14.0. The van der Waals surface area contributed by atoms with Crippen molar-refractivity contribution in [3.05, 3.63) is 124 Å². The Labute approximate surface area is 554 Å². The zero-order valence-corrected chi connectivity index (χ0v) is 52.7. The van der Waals surface area contributed by atoms with Gasteiger partial charge in [-0.2, -0.15) is 61.5 Å². The third-order valence-corrected chi connectivity index (χ3v) is 16.8. The summed E-state index contributed by atoms with van der Waals surface area (Å²) >= 11 is 0. The molecule has 0 aromatic heterocycles. The van der Waals surface area contributed by atoms with E-state index in [1.54, 1.807) is 0 Å². The number of alkyl halides is 14. The van der Waals surface area contributed by atoms with Crippen LogP contribution < -0.4 is 10.5 Å². The van der Waals surface area contributed by atoms with Crippen LogP contribution in [0, 0.1) is 0 Å². The van der Waals surface area contributed by atoms with Gasteiger partial charge in [0.25, 0.3) is 23.6 Å². The lowest BCUT2D eigenvalue weighted by molar-refractivity contribution is -0.343. The number of ketones is 4. The molecule has 0 spiro atoms. The first kappa shape index (κ1) is 78.3. The zero-order valence-electron chi connectivity index (χ0n) is 51.9. The number of nitrogens with zero attached hydrogens (tertiary/aromatic N) is 2. The molecule has 0 saturated heterocycles. The SMILES string of the molecule is NCCCOCCOCCOCCCN1C(=O)c2ccc3c4c(ccc(c24)C1=O)C(=O)N(CCCOCCOCCOCCCNS(=O)(=O)c1ccc(-c2ccc(C(=O)CC(=O)C(F)(F)C(F)(F)C(F)(F)F)cc2)c(-c2ccc(C(=O)CC(=O)C(F)(F)C(F)(F)C(F)(F)F)cc2)c1)C3=O. The molecule has 4 amide bonds. The highest BCUT2D eigenvalue weighted by Gasteiger charge is 2.77. The lowest BCUT2D eigenvalue weighted by Crippen LogP contribution is -2.56. The van der Waals surface area contributed by atoms with Crippen LogP contribution in [0.25, 0.3) is 33.0 Å². The number of hydrogen-bond donors (Lipinski definition) is 2. The van der Waals surface area contributed by atoms with Crippen LogP contribution in [0.3, 0.4) is 0 Å². The molecule has 3 N–H and O–H groups in total. The Morgan fingerprint density at radius 3 is 1.06 bits per heavy atom. The van der Waals surface area contributed by atoms with Crippen LogP contribution in [0.1, 0.15) is 101 Å². The van der Waals surface area contributed by atoms with E-state index >= 15 is 0 Å². The molecule has 2 heterocycles. The van der Waals surface area contributed by atoms with Gasteiger partial charge in [0, 0.05) is 90.2 Å². The fourth-order valence-corrected chi connectivity index (χ4v) is 11.1. The average Bonchev–Trinajstić information content (AvgIpc) is 0.710. The van der Waals surface area contributed by atoms with E-state index in [2.05, 4.69) is 4.72 Å². The van der Waals surface area contributed by atoms with Crippen molar-refractivity contribution in [2.75, 3.05) is 105 Å². The summed E-state index contributed by atoms with van der Waals surface area (Å²) in [4.78, 5) is 106. The van der Waals surface area contributed by atoms with Crippen molar-refractivity contribution in [1.29, 1.82) is 0 Å². The molecular weight excluding hydrogens is 1380 g/mol. The van der Waals surface area contributed by atoms with Gasteiger partial charge in [-0.25, -0.2) is 13.1 Å². The number of nitrogens with one attached hydrogen (secondary N) is 1. The fraction of sp³-hybridized carbons (Fsp3) is 0.438. The molecule has 7 rings (SSSR count). The van der Waals surface area contributed by atoms with E-state index in [1.165, 1.54) is 30.3 Å². The Bertz CT molecular complexity index is 3840. The van der Waals surface area contributed by atoms with Gasteiger partial charge in [0.1, 0.15) is 0 Å². The van der Waals surface area contributed by atoms with Gasteiger partial charge >= 0.3 is 36.0 Å². The summed E-state index contributed by atoms with van der Waals surface area (Å²) in [5.74, 6) is -38.2. The van der Waals surface area contributed by atoms with Gasteiger partial charge in [0.05, 0.1) is 70.6 Å². The van der Waals surface area contributed by atoms with Gasteiger partial charge in [-0.15, -0.1) is 0 Å². The van der Waals surface area contributed by atoms with Crippen LogP contribution in [-0.4, -0.2) is 206 Å². The topological polar surface area (TPSA) is 271 Å². The number of rotatable bonds is 41. The molecule has 0 fully saturated rings. The van der Waals surface area contributed by atoms with Crippen molar-refractivity contribution in [3.63, 3.8) is 0 Å². The summed E-state index contributed by atoms with van der Waals surface area (Å²) in [7, 11) is -4.46. The molecule has 0 unspecified atom stereocenters. The first-order valence-electron chi connectivity index (χ1n) is 30.1. The molecule has 538 valence electrons. The number of benzene rings is 5. The minimum atomic E-state index is -6.89. The monoisotopic (exact) mass is 1440 g/mol. The number of hydrogen-bond acceptors (Lipinski definition) is 17. The molecule has 0 radical (unpaired) electrons. The normalized spacial score (nSPS) is 14.1. The van der Waals surface area contributed by atoms with E-state index in [-0.39, 0.29) is 134 Å². The van der Waals surface area contributed by atoms with Crippen LogP contribution >= 0.6 is 0 Å². The molecule has 2 aliphatic heterocycles. The molecule has 99 heavy (non-hydrogen) atoms. The van der Waals surface area contributed by atoms with Crippen molar-refractivity contribution in [3.8, 4) is 22.3 Å². The molecule has 20 nitrogen and oxygen atoms in total. The van der Waals surface area contributed by atoms with Gasteiger partial charge in [-0.3, -0.25) is 48.2 Å². The van der Waals surface area contributed by atoms with Crippen molar-refractivity contribution in [1.82, 2.24) is 14.5 Å².